The van der Waals surface area contributed by atoms with Gasteiger partial charge in [0.1, 0.15) is 0 Å². The molecule has 2 aliphatic rings. The average molecular weight is 419 g/mol. The second kappa shape index (κ2) is 11.3. The monoisotopic (exact) mass is 418 g/mol. The van der Waals surface area contributed by atoms with Crippen LogP contribution in [0.2, 0.25) is 0 Å². The van der Waals surface area contributed by atoms with Crippen molar-refractivity contribution in [1.29, 1.82) is 0 Å². The Bertz CT molecular complexity index is 691. The van der Waals surface area contributed by atoms with E-state index in [4.69, 9.17) is 9.47 Å². The van der Waals surface area contributed by atoms with Gasteiger partial charge in [0.2, 0.25) is 0 Å². The van der Waals surface area contributed by atoms with Gasteiger partial charge in [0.15, 0.2) is 0 Å². The number of aryl methyl sites for hydroxylation is 1. The molecule has 0 spiro atoms. The Labute approximate surface area is 179 Å². The largest absolute Gasteiger partial charge is 0.379 e. The summed E-state index contributed by atoms with van der Waals surface area (Å²) in [5, 5.41) is 2.84. The highest BCUT2D eigenvalue weighted by molar-refractivity contribution is 5.94. The zero-order chi connectivity index (χ0) is 21.3. The molecule has 2 saturated heterocycles. The number of urea groups is 1. The highest BCUT2D eigenvalue weighted by Crippen LogP contribution is 2.12. The number of hydrogen-bond donors (Lipinski definition) is 1. The Hall–Kier alpha value is -2.16. The van der Waals surface area contributed by atoms with Crippen LogP contribution in [-0.2, 0) is 9.47 Å². The third-order valence-corrected chi connectivity index (χ3v) is 5.55. The molecule has 2 heterocycles. The molecule has 1 unspecified atom stereocenters. The number of amides is 3. The van der Waals surface area contributed by atoms with Crippen LogP contribution in [0, 0.1) is 6.92 Å². The molecule has 0 bridgehead atoms. The molecule has 1 aromatic carbocycles. The quantitative estimate of drug-likeness (QED) is 0.720. The van der Waals surface area contributed by atoms with E-state index in [9.17, 15) is 9.59 Å². The van der Waals surface area contributed by atoms with Crippen LogP contribution >= 0.6 is 0 Å². The maximum atomic E-state index is 13.3. The van der Waals surface area contributed by atoms with Gasteiger partial charge in [0, 0.05) is 51.4 Å². The molecule has 1 N–H and O–H groups in total. The molecule has 3 amide bonds. The fourth-order valence-corrected chi connectivity index (χ4v) is 3.76. The van der Waals surface area contributed by atoms with Crippen molar-refractivity contribution in [3.63, 3.8) is 0 Å². The predicted molar refractivity (Wildman–Crippen MR) is 115 cm³/mol. The summed E-state index contributed by atoms with van der Waals surface area (Å²) < 4.78 is 11.3. The van der Waals surface area contributed by atoms with Gasteiger partial charge in [-0.05, 0) is 26.0 Å². The first-order valence-corrected chi connectivity index (χ1v) is 10.9. The maximum absolute atomic E-state index is 13.3. The van der Waals surface area contributed by atoms with Gasteiger partial charge in [-0.3, -0.25) is 9.69 Å². The second-order valence-electron chi connectivity index (χ2n) is 7.85. The minimum atomic E-state index is -0.194. The van der Waals surface area contributed by atoms with Crippen LogP contribution in [0.5, 0.6) is 0 Å². The van der Waals surface area contributed by atoms with Crippen LogP contribution in [0.15, 0.2) is 24.3 Å². The highest BCUT2D eigenvalue weighted by atomic mass is 16.5. The number of nitrogens with one attached hydrogen (secondary N) is 1. The first kappa shape index (κ1) is 22.5. The van der Waals surface area contributed by atoms with E-state index in [1.165, 1.54) is 0 Å². The Morgan fingerprint density at radius 3 is 2.57 bits per heavy atom. The Kier molecular flexibility index (Phi) is 8.48. The standard InChI is InChI=1S/C22H34N4O4/c1-3-23-22(28)26-12-15-30-20(17-26)16-25(9-8-24-10-13-29-14-11-24)21(27)19-6-4-18(2)5-7-19/h4-7,20H,3,8-17H2,1-2H3,(H,23,28). The number of carbonyl (C=O) groups excluding carboxylic acids is 2. The summed E-state index contributed by atoms with van der Waals surface area (Å²) in [5.41, 5.74) is 1.80. The van der Waals surface area contributed by atoms with E-state index in [2.05, 4.69) is 10.2 Å². The van der Waals surface area contributed by atoms with Crippen molar-refractivity contribution in [1.82, 2.24) is 20.0 Å². The molecule has 2 fully saturated rings. The van der Waals surface area contributed by atoms with Gasteiger partial charge in [-0.2, -0.15) is 0 Å². The molecule has 8 nitrogen and oxygen atoms in total. The van der Waals surface area contributed by atoms with E-state index in [1.807, 2.05) is 43.0 Å². The number of carbonyl (C=O) groups is 2. The summed E-state index contributed by atoms with van der Waals surface area (Å²) >= 11 is 0. The summed E-state index contributed by atoms with van der Waals surface area (Å²) in [6.07, 6.45) is -0.194. The van der Waals surface area contributed by atoms with E-state index in [-0.39, 0.29) is 18.0 Å². The molecule has 30 heavy (non-hydrogen) atoms. The number of benzene rings is 1. The average Bonchev–Trinajstić information content (AvgIpc) is 2.78. The van der Waals surface area contributed by atoms with Gasteiger partial charge >= 0.3 is 6.03 Å². The predicted octanol–water partition coefficient (Wildman–Crippen LogP) is 1.20. The molecule has 0 saturated carbocycles. The molecule has 8 heteroatoms. The Balaban J connectivity index is 1.65. The van der Waals surface area contributed by atoms with Gasteiger partial charge < -0.3 is 24.6 Å². The van der Waals surface area contributed by atoms with Gasteiger partial charge in [-0.1, -0.05) is 17.7 Å². The van der Waals surface area contributed by atoms with Gasteiger partial charge in [-0.15, -0.1) is 0 Å². The fraction of sp³-hybridized carbons (Fsp3) is 0.636. The molecular formula is C22H34N4O4. The van der Waals surface area contributed by atoms with Crippen molar-refractivity contribution < 1.29 is 19.1 Å². The third-order valence-electron chi connectivity index (χ3n) is 5.55. The summed E-state index contributed by atoms with van der Waals surface area (Å²) in [7, 11) is 0. The van der Waals surface area contributed by atoms with E-state index in [0.717, 1.165) is 38.4 Å². The molecule has 1 atom stereocenters. The van der Waals surface area contributed by atoms with Gasteiger partial charge in [-0.25, -0.2) is 4.79 Å². The normalized spacial score (nSPS) is 20.1. The van der Waals surface area contributed by atoms with E-state index >= 15 is 0 Å². The van der Waals surface area contributed by atoms with Gasteiger partial charge in [0.05, 0.1) is 32.5 Å². The molecule has 3 rings (SSSR count). The lowest BCUT2D eigenvalue weighted by Gasteiger charge is -2.36. The number of nitrogens with zero attached hydrogens (tertiary/aromatic N) is 3. The lowest BCUT2D eigenvalue weighted by atomic mass is 10.1. The molecule has 0 aromatic heterocycles. The topological polar surface area (TPSA) is 74.4 Å². The summed E-state index contributed by atoms with van der Waals surface area (Å²) in [5.74, 6) is 0.00185. The first-order chi connectivity index (χ1) is 14.6. The smallest absolute Gasteiger partial charge is 0.317 e. The van der Waals surface area contributed by atoms with Crippen molar-refractivity contribution in [2.75, 3.05) is 72.2 Å². The minimum Gasteiger partial charge on any atom is -0.379 e. The SMILES string of the molecule is CCNC(=O)N1CCOC(CN(CCN2CCOCC2)C(=O)c2ccc(C)cc2)C1. The summed E-state index contributed by atoms with van der Waals surface area (Å²) in [6.45, 7) is 11.2. The van der Waals surface area contributed by atoms with Crippen molar-refractivity contribution in [3.8, 4) is 0 Å². The molecular weight excluding hydrogens is 384 g/mol. The van der Waals surface area contributed by atoms with Crippen LogP contribution in [0.1, 0.15) is 22.8 Å². The highest BCUT2D eigenvalue weighted by Gasteiger charge is 2.28. The van der Waals surface area contributed by atoms with Crippen molar-refractivity contribution in [2.24, 2.45) is 0 Å². The van der Waals surface area contributed by atoms with Crippen LogP contribution in [0.25, 0.3) is 0 Å². The summed E-state index contributed by atoms with van der Waals surface area (Å²) in [4.78, 5) is 31.4. The number of hydrogen-bond acceptors (Lipinski definition) is 5. The summed E-state index contributed by atoms with van der Waals surface area (Å²) in [6, 6.07) is 7.60. The lowest BCUT2D eigenvalue weighted by Crippen LogP contribution is -2.53. The molecule has 2 aliphatic heterocycles. The fourth-order valence-electron chi connectivity index (χ4n) is 3.76. The van der Waals surface area contributed by atoms with Crippen LogP contribution < -0.4 is 5.32 Å². The van der Waals surface area contributed by atoms with Crippen molar-refractivity contribution in [3.05, 3.63) is 35.4 Å². The van der Waals surface area contributed by atoms with Crippen LogP contribution in [0.3, 0.4) is 0 Å². The van der Waals surface area contributed by atoms with E-state index < -0.39 is 0 Å². The third kappa shape index (κ3) is 6.42. The van der Waals surface area contributed by atoms with Crippen LogP contribution in [-0.4, -0.2) is 105 Å². The van der Waals surface area contributed by atoms with Crippen molar-refractivity contribution >= 4 is 11.9 Å². The number of rotatable bonds is 7. The van der Waals surface area contributed by atoms with E-state index in [1.54, 1.807) is 4.90 Å². The maximum Gasteiger partial charge on any atom is 0.317 e. The van der Waals surface area contributed by atoms with Crippen molar-refractivity contribution in [2.45, 2.75) is 20.0 Å². The Morgan fingerprint density at radius 1 is 1.13 bits per heavy atom. The molecule has 166 valence electrons. The minimum absolute atomic E-state index is 0.00185. The van der Waals surface area contributed by atoms with E-state index in [0.29, 0.717) is 44.9 Å². The second-order valence-corrected chi connectivity index (χ2v) is 7.85. The number of ether oxygens (including phenoxy) is 2. The first-order valence-electron chi connectivity index (χ1n) is 10.9. The molecule has 0 aliphatic carbocycles. The molecule has 0 radical (unpaired) electrons. The lowest BCUT2D eigenvalue weighted by molar-refractivity contribution is -0.0296. The zero-order valence-corrected chi connectivity index (χ0v) is 18.1. The molecule has 1 aromatic rings. The van der Waals surface area contributed by atoms with Crippen LogP contribution in [0.4, 0.5) is 4.79 Å². The van der Waals surface area contributed by atoms with Gasteiger partial charge in [0.25, 0.3) is 5.91 Å². The Morgan fingerprint density at radius 2 is 1.87 bits per heavy atom. The number of morpholine rings is 2. The zero-order valence-electron chi connectivity index (χ0n) is 18.1.